The van der Waals surface area contributed by atoms with Gasteiger partial charge in [-0.15, -0.1) is 0 Å². The zero-order valence-corrected chi connectivity index (χ0v) is 9.58. The summed E-state index contributed by atoms with van der Waals surface area (Å²) in [4.78, 5) is 11.9. The lowest BCUT2D eigenvalue weighted by atomic mass is 10.1. The molecule has 0 spiro atoms. The number of hydrogen-bond acceptors (Lipinski definition) is 3. The number of ketones is 1. The maximum absolute atomic E-state index is 11.9. The van der Waals surface area contributed by atoms with Crippen LogP contribution in [0.15, 0.2) is 34.5 Å². The summed E-state index contributed by atoms with van der Waals surface area (Å²) < 4.78 is 5.93. The van der Waals surface area contributed by atoms with Gasteiger partial charge in [-0.05, 0) is 40.2 Å². The van der Waals surface area contributed by atoms with Crippen molar-refractivity contribution in [3.63, 3.8) is 0 Å². The average Bonchev–Trinajstić information content (AvgIpc) is 2.74. The highest BCUT2D eigenvalue weighted by molar-refractivity contribution is 9.10. The lowest BCUT2D eigenvalue weighted by molar-refractivity contribution is 0.0942. The lowest BCUT2D eigenvalue weighted by Gasteiger charge is -2.04. The molecule has 0 amide bonds. The molecule has 1 aliphatic rings. The third-order valence-corrected chi connectivity index (χ3v) is 2.88. The van der Waals surface area contributed by atoms with Gasteiger partial charge in [0.05, 0.1) is 6.61 Å². The van der Waals surface area contributed by atoms with Crippen LogP contribution >= 0.6 is 15.9 Å². The van der Waals surface area contributed by atoms with Gasteiger partial charge >= 0.3 is 0 Å². The van der Waals surface area contributed by atoms with Gasteiger partial charge in [0.15, 0.2) is 5.76 Å². The normalized spacial score (nSPS) is 14.6. The van der Waals surface area contributed by atoms with Gasteiger partial charge in [0.2, 0.25) is 5.78 Å². The van der Waals surface area contributed by atoms with Crippen LogP contribution in [0.5, 0.6) is 0 Å². The quantitative estimate of drug-likeness (QED) is 0.662. The minimum Gasteiger partial charge on any atom is -0.489 e. The maximum Gasteiger partial charge on any atom is 0.227 e. The summed E-state index contributed by atoms with van der Waals surface area (Å²) >= 11 is 3.29. The number of carbonyl (C=O) groups excluding carboxylic acids is 1. The Bertz CT molecular complexity index is 440. The Balaban J connectivity index is 2.29. The van der Waals surface area contributed by atoms with Crippen molar-refractivity contribution in [2.24, 2.45) is 0 Å². The van der Waals surface area contributed by atoms with E-state index in [9.17, 15) is 4.79 Å². The topological polar surface area (TPSA) is 52.3 Å². The summed E-state index contributed by atoms with van der Waals surface area (Å²) in [5.41, 5.74) is 6.84. The molecular formula is C11H10BrNO2. The predicted octanol–water partition coefficient (Wildman–Crippen LogP) is 2.52. The second-order valence-corrected chi connectivity index (χ2v) is 4.13. The third kappa shape index (κ3) is 2.04. The van der Waals surface area contributed by atoms with Crippen LogP contribution in [0.1, 0.15) is 16.8 Å². The molecule has 1 heterocycles. The fourth-order valence-electron chi connectivity index (χ4n) is 1.39. The van der Waals surface area contributed by atoms with E-state index in [4.69, 9.17) is 10.5 Å². The molecule has 0 radical (unpaired) electrons. The summed E-state index contributed by atoms with van der Waals surface area (Å²) in [6, 6.07) is 5.11. The molecule has 4 heteroatoms. The van der Waals surface area contributed by atoms with Crippen LogP contribution in [0.4, 0.5) is 5.69 Å². The summed E-state index contributed by atoms with van der Waals surface area (Å²) in [6.07, 6.45) is 2.61. The zero-order valence-electron chi connectivity index (χ0n) is 8.00. The van der Waals surface area contributed by atoms with Gasteiger partial charge in [-0.1, -0.05) is 0 Å². The number of rotatable bonds is 2. The van der Waals surface area contributed by atoms with Crippen LogP contribution in [0.3, 0.4) is 0 Å². The first-order valence-electron chi connectivity index (χ1n) is 4.61. The molecule has 0 saturated carbocycles. The van der Waals surface area contributed by atoms with E-state index in [2.05, 4.69) is 15.9 Å². The van der Waals surface area contributed by atoms with Gasteiger partial charge in [-0.25, -0.2) is 0 Å². The Hall–Kier alpha value is -1.29. The lowest BCUT2D eigenvalue weighted by Crippen LogP contribution is -2.04. The van der Waals surface area contributed by atoms with Crippen molar-refractivity contribution >= 4 is 27.4 Å². The predicted molar refractivity (Wildman–Crippen MR) is 61.5 cm³/mol. The van der Waals surface area contributed by atoms with Crippen molar-refractivity contribution < 1.29 is 9.53 Å². The van der Waals surface area contributed by atoms with Crippen molar-refractivity contribution in [3.8, 4) is 0 Å². The van der Waals surface area contributed by atoms with Gasteiger partial charge in [0.1, 0.15) is 0 Å². The number of nitrogen functional groups attached to an aromatic ring is 1. The summed E-state index contributed by atoms with van der Waals surface area (Å²) in [7, 11) is 0. The molecule has 0 aliphatic carbocycles. The molecule has 0 bridgehead atoms. The maximum atomic E-state index is 11.9. The number of anilines is 1. The van der Waals surface area contributed by atoms with Gasteiger partial charge in [-0.3, -0.25) is 4.79 Å². The molecule has 0 unspecified atom stereocenters. The number of ether oxygens (including phenoxy) is 1. The van der Waals surface area contributed by atoms with Crippen molar-refractivity contribution in [2.75, 3.05) is 12.3 Å². The van der Waals surface area contributed by atoms with Crippen molar-refractivity contribution in [1.82, 2.24) is 0 Å². The van der Waals surface area contributed by atoms with Gasteiger partial charge in [0, 0.05) is 22.1 Å². The van der Waals surface area contributed by atoms with Gasteiger partial charge < -0.3 is 10.5 Å². The van der Waals surface area contributed by atoms with E-state index in [0.29, 0.717) is 23.6 Å². The molecule has 2 rings (SSSR count). The number of allylic oxidation sites excluding steroid dienone is 1. The minimum absolute atomic E-state index is 0.0896. The first-order valence-corrected chi connectivity index (χ1v) is 5.40. The standard InChI is InChI=1S/C11H10BrNO2/c12-8-6-7(3-4-9(8)13)11(14)10-2-1-5-15-10/h2-4,6H,1,5,13H2. The highest BCUT2D eigenvalue weighted by Gasteiger charge is 2.17. The SMILES string of the molecule is Nc1ccc(C(=O)C2=CCCO2)cc1Br. The van der Waals surface area contributed by atoms with Crippen LogP contribution in [-0.2, 0) is 4.74 Å². The largest absolute Gasteiger partial charge is 0.489 e. The second kappa shape index (κ2) is 4.06. The second-order valence-electron chi connectivity index (χ2n) is 3.27. The molecule has 0 aromatic heterocycles. The van der Waals surface area contributed by atoms with Crippen LogP contribution in [0, 0.1) is 0 Å². The highest BCUT2D eigenvalue weighted by Crippen LogP contribution is 2.23. The molecular weight excluding hydrogens is 258 g/mol. The van der Waals surface area contributed by atoms with Crippen molar-refractivity contribution in [3.05, 3.63) is 40.1 Å². The number of hydrogen-bond donors (Lipinski definition) is 1. The Morgan fingerprint density at radius 3 is 2.87 bits per heavy atom. The molecule has 1 aromatic carbocycles. The van der Waals surface area contributed by atoms with Crippen LogP contribution in [0.25, 0.3) is 0 Å². The van der Waals surface area contributed by atoms with E-state index >= 15 is 0 Å². The Morgan fingerprint density at radius 1 is 1.47 bits per heavy atom. The molecule has 0 fully saturated rings. The summed E-state index contributed by atoms with van der Waals surface area (Å²) in [6.45, 7) is 0.594. The molecule has 3 nitrogen and oxygen atoms in total. The third-order valence-electron chi connectivity index (χ3n) is 2.19. The van der Waals surface area contributed by atoms with E-state index in [0.717, 1.165) is 10.9 Å². The fourth-order valence-corrected chi connectivity index (χ4v) is 1.77. The number of benzene rings is 1. The van der Waals surface area contributed by atoms with Crippen LogP contribution in [-0.4, -0.2) is 12.4 Å². The van der Waals surface area contributed by atoms with E-state index < -0.39 is 0 Å². The molecule has 2 N–H and O–H groups in total. The summed E-state index contributed by atoms with van der Waals surface area (Å²) in [5.74, 6) is 0.347. The Labute approximate surface area is 96.0 Å². The minimum atomic E-state index is -0.0896. The smallest absolute Gasteiger partial charge is 0.227 e. The molecule has 15 heavy (non-hydrogen) atoms. The zero-order chi connectivity index (χ0) is 10.8. The molecule has 1 aromatic rings. The number of halogens is 1. The molecule has 1 aliphatic heterocycles. The monoisotopic (exact) mass is 267 g/mol. The van der Waals surface area contributed by atoms with Gasteiger partial charge in [-0.2, -0.15) is 0 Å². The molecule has 0 atom stereocenters. The Kier molecular flexibility index (Phi) is 2.77. The van der Waals surface area contributed by atoms with Crippen LogP contribution in [0.2, 0.25) is 0 Å². The van der Waals surface area contributed by atoms with E-state index in [-0.39, 0.29) is 5.78 Å². The highest BCUT2D eigenvalue weighted by atomic mass is 79.9. The van der Waals surface area contributed by atoms with Gasteiger partial charge in [0.25, 0.3) is 0 Å². The number of carbonyl (C=O) groups is 1. The van der Waals surface area contributed by atoms with E-state index in [1.54, 1.807) is 18.2 Å². The van der Waals surface area contributed by atoms with E-state index in [1.807, 2.05) is 6.08 Å². The van der Waals surface area contributed by atoms with Crippen LogP contribution < -0.4 is 5.73 Å². The van der Waals surface area contributed by atoms with Crippen molar-refractivity contribution in [1.29, 1.82) is 0 Å². The molecule has 0 saturated heterocycles. The van der Waals surface area contributed by atoms with Crippen molar-refractivity contribution in [2.45, 2.75) is 6.42 Å². The number of nitrogens with two attached hydrogens (primary N) is 1. The summed E-state index contributed by atoms with van der Waals surface area (Å²) in [5, 5.41) is 0. The average molecular weight is 268 g/mol. The fraction of sp³-hybridized carbons (Fsp3) is 0.182. The van der Waals surface area contributed by atoms with E-state index in [1.165, 1.54) is 0 Å². The number of Topliss-reactive ketones (excluding diaryl/α,β-unsaturated/α-hetero) is 1. The first-order chi connectivity index (χ1) is 7.18. The Morgan fingerprint density at radius 2 is 2.27 bits per heavy atom. The first kappa shape index (κ1) is 10.2. The molecule has 78 valence electrons.